The van der Waals surface area contributed by atoms with Gasteiger partial charge in [-0.15, -0.1) is 0 Å². The molecule has 1 heterocycles. The molecule has 0 aliphatic carbocycles. The number of rotatable bonds is 2. The standard InChI is InChI=1S/C22H15ClO2/c1-14-6-8-16(9-7-14)22-20(15-10-12-17(23)13-11-15)21(24)18-4-2-3-5-19(18)25-22/h2-13H,1H3. The van der Waals surface area contributed by atoms with Gasteiger partial charge in [-0.25, -0.2) is 0 Å². The van der Waals surface area contributed by atoms with Crippen LogP contribution in [-0.4, -0.2) is 0 Å². The Hall–Kier alpha value is -2.84. The zero-order chi connectivity index (χ0) is 17.4. The molecule has 0 N–H and O–H groups in total. The third-order valence-corrected chi connectivity index (χ3v) is 4.50. The summed E-state index contributed by atoms with van der Waals surface area (Å²) in [6, 6.07) is 22.6. The van der Waals surface area contributed by atoms with Crippen molar-refractivity contribution >= 4 is 22.6 Å². The van der Waals surface area contributed by atoms with Crippen LogP contribution in [0.15, 0.2) is 82.0 Å². The Labute approximate surface area is 150 Å². The monoisotopic (exact) mass is 346 g/mol. The summed E-state index contributed by atoms with van der Waals surface area (Å²) in [4.78, 5) is 13.2. The van der Waals surface area contributed by atoms with Crippen molar-refractivity contribution in [2.75, 3.05) is 0 Å². The van der Waals surface area contributed by atoms with Gasteiger partial charge in [-0.3, -0.25) is 4.79 Å². The number of halogens is 1. The Kier molecular flexibility index (Phi) is 3.90. The topological polar surface area (TPSA) is 30.2 Å². The fourth-order valence-electron chi connectivity index (χ4n) is 2.93. The van der Waals surface area contributed by atoms with Crippen LogP contribution in [0.1, 0.15) is 5.56 Å². The van der Waals surface area contributed by atoms with Crippen LogP contribution in [0.2, 0.25) is 5.02 Å². The molecule has 0 saturated heterocycles. The summed E-state index contributed by atoms with van der Waals surface area (Å²) in [5.41, 5.74) is 3.91. The maximum Gasteiger partial charge on any atom is 0.201 e. The highest BCUT2D eigenvalue weighted by Gasteiger charge is 2.17. The van der Waals surface area contributed by atoms with Gasteiger partial charge in [0.15, 0.2) is 0 Å². The van der Waals surface area contributed by atoms with E-state index in [0.717, 1.165) is 16.7 Å². The van der Waals surface area contributed by atoms with Crippen LogP contribution in [0.25, 0.3) is 33.4 Å². The smallest absolute Gasteiger partial charge is 0.201 e. The molecular formula is C22H15ClO2. The number of hydrogen-bond acceptors (Lipinski definition) is 2. The normalized spacial score (nSPS) is 11.0. The third-order valence-electron chi connectivity index (χ3n) is 4.24. The lowest BCUT2D eigenvalue weighted by atomic mass is 9.98. The minimum atomic E-state index is -0.0419. The second-order valence-electron chi connectivity index (χ2n) is 6.00. The third kappa shape index (κ3) is 2.86. The molecule has 0 unspecified atom stereocenters. The van der Waals surface area contributed by atoms with E-state index in [1.807, 2.05) is 61.5 Å². The molecule has 0 bridgehead atoms. The highest BCUT2D eigenvalue weighted by Crippen LogP contribution is 2.33. The van der Waals surface area contributed by atoms with E-state index in [0.29, 0.717) is 27.3 Å². The van der Waals surface area contributed by atoms with Crippen molar-refractivity contribution in [1.29, 1.82) is 0 Å². The summed E-state index contributed by atoms with van der Waals surface area (Å²) in [6.07, 6.45) is 0. The van der Waals surface area contributed by atoms with Crippen LogP contribution < -0.4 is 5.43 Å². The number of hydrogen-bond donors (Lipinski definition) is 0. The van der Waals surface area contributed by atoms with E-state index >= 15 is 0 Å². The molecule has 0 radical (unpaired) electrons. The Balaban J connectivity index is 2.09. The van der Waals surface area contributed by atoms with Gasteiger partial charge in [-0.1, -0.05) is 65.7 Å². The average molecular weight is 347 g/mol. The van der Waals surface area contributed by atoms with Crippen molar-refractivity contribution in [2.24, 2.45) is 0 Å². The van der Waals surface area contributed by atoms with E-state index in [9.17, 15) is 4.79 Å². The number of fused-ring (bicyclic) bond motifs is 1. The fraction of sp³-hybridized carbons (Fsp3) is 0.0455. The number of para-hydroxylation sites is 1. The predicted molar refractivity (Wildman–Crippen MR) is 103 cm³/mol. The van der Waals surface area contributed by atoms with Gasteiger partial charge in [0.1, 0.15) is 11.3 Å². The zero-order valence-electron chi connectivity index (χ0n) is 13.6. The lowest BCUT2D eigenvalue weighted by Crippen LogP contribution is -2.07. The number of benzene rings is 3. The van der Waals surface area contributed by atoms with Crippen LogP contribution in [0.4, 0.5) is 0 Å². The van der Waals surface area contributed by atoms with E-state index in [4.69, 9.17) is 16.0 Å². The maximum atomic E-state index is 13.2. The Morgan fingerprint density at radius 3 is 2.16 bits per heavy atom. The minimum absolute atomic E-state index is 0.0419. The second-order valence-corrected chi connectivity index (χ2v) is 6.44. The molecule has 0 amide bonds. The molecule has 0 aliphatic rings. The van der Waals surface area contributed by atoms with Gasteiger partial charge >= 0.3 is 0 Å². The van der Waals surface area contributed by atoms with E-state index < -0.39 is 0 Å². The van der Waals surface area contributed by atoms with Gasteiger partial charge in [0.05, 0.1) is 10.9 Å². The Morgan fingerprint density at radius 2 is 1.44 bits per heavy atom. The summed E-state index contributed by atoms with van der Waals surface area (Å²) < 4.78 is 6.15. The van der Waals surface area contributed by atoms with E-state index in [2.05, 4.69) is 0 Å². The predicted octanol–water partition coefficient (Wildman–Crippen LogP) is 6.09. The summed E-state index contributed by atoms with van der Waals surface area (Å²) >= 11 is 6.01. The molecule has 0 spiro atoms. The Morgan fingerprint density at radius 1 is 0.800 bits per heavy atom. The molecule has 0 atom stereocenters. The highest BCUT2D eigenvalue weighted by molar-refractivity contribution is 6.30. The largest absolute Gasteiger partial charge is 0.455 e. The van der Waals surface area contributed by atoms with Crippen molar-refractivity contribution in [3.05, 3.63) is 93.6 Å². The minimum Gasteiger partial charge on any atom is -0.455 e. The molecule has 0 fully saturated rings. The second kappa shape index (κ2) is 6.23. The van der Waals surface area contributed by atoms with Gasteiger partial charge < -0.3 is 4.42 Å². The van der Waals surface area contributed by atoms with E-state index in [1.165, 1.54) is 0 Å². The first kappa shape index (κ1) is 15.7. The molecular weight excluding hydrogens is 332 g/mol. The van der Waals surface area contributed by atoms with Crippen LogP contribution in [0.5, 0.6) is 0 Å². The summed E-state index contributed by atoms with van der Waals surface area (Å²) in [7, 11) is 0. The first-order valence-electron chi connectivity index (χ1n) is 8.02. The van der Waals surface area contributed by atoms with E-state index in [-0.39, 0.29) is 5.43 Å². The van der Waals surface area contributed by atoms with Gasteiger partial charge in [-0.05, 0) is 36.8 Å². The van der Waals surface area contributed by atoms with Gasteiger partial charge in [0, 0.05) is 10.6 Å². The fourth-order valence-corrected chi connectivity index (χ4v) is 3.05. The molecule has 3 aromatic carbocycles. The van der Waals surface area contributed by atoms with Crippen molar-refractivity contribution in [3.8, 4) is 22.5 Å². The lowest BCUT2D eigenvalue weighted by Gasteiger charge is -2.11. The average Bonchev–Trinajstić information content (AvgIpc) is 2.63. The lowest BCUT2D eigenvalue weighted by molar-refractivity contribution is 0.621. The quantitative estimate of drug-likeness (QED) is 0.439. The summed E-state index contributed by atoms with van der Waals surface area (Å²) in [6.45, 7) is 2.03. The first-order valence-corrected chi connectivity index (χ1v) is 8.40. The van der Waals surface area contributed by atoms with Crippen molar-refractivity contribution in [2.45, 2.75) is 6.92 Å². The number of aryl methyl sites for hydroxylation is 1. The molecule has 0 saturated carbocycles. The zero-order valence-corrected chi connectivity index (χ0v) is 14.4. The van der Waals surface area contributed by atoms with Gasteiger partial charge in [0.2, 0.25) is 5.43 Å². The molecule has 0 aliphatic heterocycles. The molecule has 3 heteroatoms. The molecule has 122 valence electrons. The van der Waals surface area contributed by atoms with Crippen molar-refractivity contribution in [1.82, 2.24) is 0 Å². The molecule has 2 nitrogen and oxygen atoms in total. The first-order chi connectivity index (χ1) is 12.1. The summed E-state index contributed by atoms with van der Waals surface area (Å²) in [5, 5.41) is 1.20. The van der Waals surface area contributed by atoms with E-state index in [1.54, 1.807) is 18.2 Å². The summed E-state index contributed by atoms with van der Waals surface area (Å²) in [5.74, 6) is 0.575. The van der Waals surface area contributed by atoms with Crippen LogP contribution >= 0.6 is 11.6 Å². The highest BCUT2D eigenvalue weighted by atomic mass is 35.5. The van der Waals surface area contributed by atoms with Crippen LogP contribution in [0.3, 0.4) is 0 Å². The SMILES string of the molecule is Cc1ccc(-c2oc3ccccc3c(=O)c2-c2ccc(Cl)cc2)cc1. The molecule has 4 aromatic rings. The van der Waals surface area contributed by atoms with Crippen LogP contribution in [-0.2, 0) is 0 Å². The van der Waals surface area contributed by atoms with Gasteiger partial charge in [0.25, 0.3) is 0 Å². The van der Waals surface area contributed by atoms with Crippen molar-refractivity contribution in [3.63, 3.8) is 0 Å². The van der Waals surface area contributed by atoms with Crippen LogP contribution in [0, 0.1) is 6.92 Å². The Bertz CT molecular complexity index is 1110. The van der Waals surface area contributed by atoms with Crippen molar-refractivity contribution < 1.29 is 4.42 Å². The van der Waals surface area contributed by atoms with Gasteiger partial charge in [-0.2, -0.15) is 0 Å². The molecule has 4 rings (SSSR count). The molecule has 25 heavy (non-hydrogen) atoms. The maximum absolute atomic E-state index is 13.2. The molecule has 1 aromatic heterocycles.